The molecule has 0 amide bonds. The van der Waals surface area contributed by atoms with Gasteiger partial charge in [-0.05, 0) is 18.6 Å². The van der Waals surface area contributed by atoms with Gasteiger partial charge in [0.1, 0.15) is 12.1 Å². The van der Waals surface area contributed by atoms with Gasteiger partial charge >= 0.3 is 0 Å². The van der Waals surface area contributed by atoms with Gasteiger partial charge in [-0.15, -0.1) is 0 Å². The molecule has 2 aromatic rings. The lowest BCUT2D eigenvalue weighted by Gasteiger charge is -2.15. The molecule has 0 radical (unpaired) electrons. The molecular weight excluding hydrogens is 214 g/mol. The molecule has 88 valence electrons. The van der Waals surface area contributed by atoms with Gasteiger partial charge in [0.2, 0.25) is 0 Å². The Morgan fingerprint density at radius 3 is 2.59 bits per heavy atom. The number of aryl methyl sites for hydroxylation is 1. The van der Waals surface area contributed by atoms with Crippen LogP contribution in [0.25, 0.3) is 0 Å². The largest absolute Gasteiger partial charge is 0.496 e. The van der Waals surface area contributed by atoms with E-state index in [4.69, 9.17) is 10.5 Å². The maximum Gasteiger partial charge on any atom is 0.124 e. The van der Waals surface area contributed by atoms with Crippen LogP contribution in [-0.4, -0.2) is 17.1 Å². The predicted octanol–water partition coefficient (Wildman–Crippen LogP) is 1.84. The van der Waals surface area contributed by atoms with Gasteiger partial charge in [-0.25, -0.2) is 9.97 Å². The molecule has 0 saturated heterocycles. The lowest BCUT2D eigenvalue weighted by Crippen LogP contribution is -2.13. The molecule has 0 aliphatic rings. The van der Waals surface area contributed by atoms with E-state index < -0.39 is 0 Å². The number of nitrogens with two attached hydrogens (primary N) is 1. The first-order valence-electron chi connectivity index (χ1n) is 5.37. The second-order valence-electron chi connectivity index (χ2n) is 3.89. The fourth-order valence-corrected chi connectivity index (χ4v) is 1.73. The summed E-state index contributed by atoms with van der Waals surface area (Å²) in [5.41, 5.74) is 9.13. The molecule has 0 aliphatic carbocycles. The molecule has 1 unspecified atom stereocenters. The molecule has 4 heteroatoms. The van der Waals surface area contributed by atoms with Crippen LogP contribution in [0.1, 0.15) is 22.7 Å². The zero-order valence-electron chi connectivity index (χ0n) is 9.92. The molecule has 0 saturated carbocycles. The van der Waals surface area contributed by atoms with Crippen LogP contribution >= 0.6 is 0 Å². The van der Waals surface area contributed by atoms with Crippen LogP contribution in [0.2, 0.25) is 0 Å². The first kappa shape index (κ1) is 11.5. The molecule has 2 rings (SSSR count). The van der Waals surface area contributed by atoms with Gasteiger partial charge in [-0.2, -0.15) is 0 Å². The molecular formula is C13H15N3O. The zero-order chi connectivity index (χ0) is 12.3. The highest BCUT2D eigenvalue weighted by molar-refractivity contribution is 5.42. The molecule has 4 nitrogen and oxygen atoms in total. The van der Waals surface area contributed by atoms with E-state index in [2.05, 4.69) is 9.97 Å². The lowest BCUT2D eigenvalue weighted by molar-refractivity contribution is 0.407. The summed E-state index contributed by atoms with van der Waals surface area (Å²) in [5.74, 6) is 0.793. The smallest absolute Gasteiger partial charge is 0.124 e. The van der Waals surface area contributed by atoms with E-state index in [1.54, 1.807) is 19.5 Å². The van der Waals surface area contributed by atoms with E-state index in [9.17, 15) is 0 Å². The van der Waals surface area contributed by atoms with Gasteiger partial charge < -0.3 is 10.5 Å². The van der Waals surface area contributed by atoms with Gasteiger partial charge in [0.25, 0.3) is 0 Å². The third-order valence-corrected chi connectivity index (χ3v) is 2.66. The van der Waals surface area contributed by atoms with Crippen molar-refractivity contribution in [2.45, 2.75) is 13.0 Å². The Morgan fingerprint density at radius 1 is 1.24 bits per heavy atom. The average Bonchev–Trinajstić information content (AvgIpc) is 2.39. The minimum absolute atomic E-state index is 0.272. The van der Waals surface area contributed by atoms with Gasteiger partial charge in [-0.3, -0.25) is 0 Å². The van der Waals surface area contributed by atoms with Crippen LogP contribution in [0.15, 0.2) is 36.9 Å². The van der Waals surface area contributed by atoms with Gasteiger partial charge in [-0.1, -0.05) is 12.1 Å². The minimum Gasteiger partial charge on any atom is -0.496 e. The summed E-state index contributed by atoms with van der Waals surface area (Å²) in [6.07, 6.45) is 4.93. The Hall–Kier alpha value is -1.94. The Kier molecular flexibility index (Phi) is 3.35. The number of hydrogen-bond acceptors (Lipinski definition) is 4. The minimum atomic E-state index is -0.272. The number of benzene rings is 1. The maximum atomic E-state index is 6.18. The van der Waals surface area contributed by atoms with Crippen molar-refractivity contribution in [2.75, 3.05) is 7.11 Å². The Labute approximate surface area is 100 Å². The van der Waals surface area contributed by atoms with Crippen LogP contribution in [-0.2, 0) is 0 Å². The summed E-state index contributed by atoms with van der Waals surface area (Å²) >= 11 is 0. The van der Waals surface area contributed by atoms with Gasteiger partial charge in [0, 0.05) is 23.5 Å². The van der Waals surface area contributed by atoms with E-state index in [0.29, 0.717) is 0 Å². The van der Waals surface area contributed by atoms with Crippen LogP contribution in [0.4, 0.5) is 0 Å². The highest BCUT2D eigenvalue weighted by atomic mass is 16.5. The van der Waals surface area contributed by atoms with Crippen molar-refractivity contribution < 1.29 is 4.74 Å². The summed E-state index contributed by atoms with van der Waals surface area (Å²) in [4.78, 5) is 7.94. The molecule has 1 heterocycles. The van der Waals surface area contributed by atoms with Crippen molar-refractivity contribution in [2.24, 2.45) is 5.73 Å². The van der Waals surface area contributed by atoms with Crippen molar-refractivity contribution >= 4 is 0 Å². The normalized spacial score (nSPS) is 12.2. The number of aromatic nitrogens is 2. The molecule has 2 N–H and O–H groups in total. The highest BCUT2D eigenvalue weighted by Crippen LogP contribution is 2.28. The summed E-state index contributed by atoms with van der Waals surface area (Å²) in [6.45, 7) is 2.02. The fraction of sp³-hybridized carbons (Fsp3) is 0.231. The van der Waals surface area contributed by atoms with Crippen LogP contribution in [0, 0.1) is 6.92 Å². The first-order chi connectivity index (χ1) is 8.22. The van der Waals surface area contributed by atoms with E-state index in [1.165, 1.54) is 6.33 Å². The molecule has 0 fully saturated rings. The monoisotopic (exact) mass is 229 g/mol. The number of rotatable bonds is 3. The topological polar surface area (TPSA) is 61.0 Å². The van der Waals surface area contributed by atoms with E-state index in [-0.39, 0.29) is 6.04 Å². The SMILES string of the molecule is COc1cc(C)ccc1C(N)c1cncnc1. The zero-order valence-corrected chi connectivity index (χ0v) is 9.92. The van der Waals surface area contributed by atoms with Crippen LogP contribution < -0.4 is 10.5 Å². The van der Waals surface area contributed by atoms with Gasteiger partial charge in [0.15, 0.2) is 0 Å². The summed E-state index contributed by atoms with van der Waals surface area (Å²) < 4.78 is 5.35. The molecule has 1 atom stereocenters. The maximum absolute atomic E-state index is 6.18. The second-order valence-corrected chi connectivity index (χ2v) is 3.89. The molecule has 0 spiro atoms. The van der Waals surface area contributed by atoms with Crippen molar-refractivity contribution in [3.05, 3.63) is 53.6 Å². The molecule has 1 aromatic heterocycles. The quantitative estimate of drug-likeness (QED) is 0.872. The van der Waals surface area contributed by atoms with E-state index in [0.717, 1.165) is 22.4 Å². The van der Waals surface area contributed by atoms with E-state index in [1.807, 2.05) is 25.1 Å². The van der Waals surface area contributed by atoms with Crippen molar-refractivity contribution in [3.63, 3.8) is 0 Å². The molecule has 0 bridgehead atoms. The van der Waals surface area contributed by atoms with Crippen molar-refractivity contribution in [1.29, 1.82) is 0 Å². The molecule has 1 aromatic carbocycles. The summed E-state index contributed by atoms with van der Waals surface area (Å²) in [5, 5.41) is 0. The van der Waals surface area contributed by atoms with E-state index >= 15 is 0 Å². The average molecular weight is 229 g/mol. The number of hydrogen-bond donors (Lipinski definition) is 1. The first-order valence-corrected chi connectivity index (χ1v) is 5.37. The number of nitrogens with zero attached hydrogens (tertiary/aromatic N) is 2. The van der Waals surface area contributed by atoms with Gasteiger partial charge in [0.05, 0.1) is 13.2 Å². The summed E-state index contributed by atoms with van der Waals surface area (Å²) in [7, 11) is 1.65. The fourth-order valence-electron chi connectivity index (χ4n) is 1.73. The van der Waals surface area contributed by atoms with Crippen molar-refractivity contribution in [3.8, 4) is 5.75 Å². The Morgan fingerprint density at radius 2 is 1.94 bits per heavy atom. The predicted molar refractivity (Wildman–Crippen MR) is 65.8 cm³/mol. The molecule has 0 aliphatic heterocycles. The lowest BCUT2D eigenvalue weighted by atomic mass is 10.00. The second kappa shape index (κ2) is 4.93. The third-order valence-electron chi connectivity index (χ3n) is 2.66. The summed E-state index contributed by atoms with van der Waals surface area (Å²) in [6, 6.07) is 5.69. The molecule has 17 heavy (non-hydrogen) atoms. The highest BCUT2D eigenvalue weighted by Gasteiger charge is 2.14. The number of ether oxygens (including phenoxy) is 1. The standard InChI is InChI=1S/C13H15N3O/c1-9-3-4-11(12(5-9)17-2)13(14)10-6-15-8-16-7-10/h3-8,13H,14H2,1-2H3. The van der Waals surface area contributed by atoms with Crippen molar-refractivity contribution in [1.82, 2.24) is 9.97 Å². The Balaban J connectivity index is 2.40. The third kappa shape index (κ3) is 2.42. The number of methoxy groups -OCH3 is 1. The Bertz CT molecular complexity index is 499. The van der Waals surface area contributed by atoms with Crippen LogP contribution in [0.3, 0.4) is 0 Å². The van der Waals surface area contributed by atoms with Crippen LogP contribution in [0.5, 0.6) is 5.75 Å².